The van der Waals surface area contributed by atoms with Crippen LogP contribution in [0.1, 0.15) is 12.1 Å². The predicted octanol–water partition coefficient (Wildman–Crippen LogP) is 0.648. The first-order chi connectivity index (χ1) is 10.3. The fraction of sp³-hybridized carbons (Fsp3) is 0.500. The van der Waals surface area contributed by atoms with Crippen LogP contribution in [0.25, 0.3) is 5.69 Å². The van der Waals surface area contributed by atoms with Crippen molar-refractivity contribution >= 4 is 0 Å². The van der Waals surface area contributed by atoms with Gasteiger partial charge in [-0.15, -0.1) is 0 Å². The van der Waals surface area contributed by atoms with Crippen LogP contribution >= 0.6 is 0 Å². The van der Waals surface area contributed by atoms with Crippen LogP contribution < -0.4 is 11.4 Å². The van der Waals surface area contributed by atoms with Crippen molar-refractivity contribution in [2.24, 2.45) is 35.5 Å². The zero-order valence-corrected chi connectivity index (χ0v) is 11.2. The van der Waals surface area contributed by atoms with Gasteiger partial charge < -0.3 is 0 Å². The van der Waals surface area contributed by atoms with Gasteiger partial charge in [0.25, 0.3) is 0 Å². The Kier molecular flexibility index (Phi) is 1.19. The second-order valence-electron chi connectivity index (χ2n) is 7.37. The highest BCUT2D eigenvalue weighted by Gasteiger charge is 2.90. The number of benzene rings is 1. The van der Waals surface area contributed by atoms with Crippen molar-refractivity contribution in [3.05, 3.63) is 51.3 Å². The molecule has 2 bridgehead atoms. The summed E-state index contributed by atoms with van der Waals surface area (Å²) in [5, 5.41) is 0. The third-order valence-corrected chi connectivity index (χ3v) is 6.99. The van der Waals surface area contributed by atoms with Crippen molar-refractivity contribution in [3.63, 3.8) is 0 Å². The number of nitrogens with zero attached hydrogens (tertiary/aromatic N) is 3. The van der Waals surface area contributed by atoms with Crippen molar-refractivity contribution in [2.45, 2.75) is 12.1 Å². The van der Waals surface area contributed by atoms with Crippen molar-refractivity contribution in [3.8, 4) is 5.69 Å². The highest BCUT2D eigenvalue weighted by molar-refractivity contribution is 5.38. The van der Waals surface area contributed by atoms with Gasteiger partial charge in [-0.2, -0.15) is 0 Å². The minimum absolute atomic E-state index is 0.128. The molecule has 5 heteroatoms. The lowest BCUT2D eigenvalue weighted by Gasteiger charge is -2.36. The molecule has 104 valence electrons. The molecular formula is C16H13N3O2. The van der Waals surface area contributed by atoms with E-state index in [0.717, 1.165) is 11.8 Å². The summed E-state index contributed by atoms with van der Waals surface area (Å²) in [6, 6.07) is 9.97. The first-order valence-corrected chi connectivity index (χ1v) is 7.82. The molecule has 0 amide bonds. The highest BCUT2D eigenvalue weighted by atomic mass is 16.2. The maximum atomic E-state index is 12.9. The normalized spacial score (nSPS) is 48.4. The van der Waals surface area contributed by atoms with Crippen LogP contribution in [0.5, 0.6) is 0 Å². The van der Waals surface area contributed by atoms with Gasteiger partial charge in [0, 0.05) is 0 Å². The molecule has 8 atom stereocenters. The maximum absolute atomic E-state index is 12.9. The van der Waals surface area contributed by atoms with Gasteiger partial charge >= 0.3 is 11.4 Å². The van der Waals surface area contributed by atoms with Crippen LogP contribution in [0.2, 0.25) is 0 Å². The van der Waals surface area contributed by atoms with Crippen LogP contribution in [-0.2, 0) is 0 Å². The van der Waals surface area contributed by atoms with Gasteiger partial charge in [-0.05, 0) is 47.6 Å². The highest BCUT2D eigenvalue weighted by Crippen LogP contribution is 2.91. The Morgan fingerprint density at radius 1 is 0.667 bits per heavy atom. The second kappa shape index (κ2) is 2.56. The summed E-state index contributed by atoms with van der Waals surface area (Å²) < 4.78 is 5.02. The largest absolute Gasteiger partial charge is 0.352 e. The van der Waals surface area contributed by atoms with Gasteiger partial charge in [-0.1, -0.05) is 18.2 Å². The lowest BCUT2D eigenvalue weighted by molar-refractivity contribution is 0.112. The molecule has 21 heavy (non-hydrogen) atoms. The van der Waals surface area contributed by atoms with Crippen molar-refractivity contribution in [1.29, 1.82) is 0 Å². The van der Waals surface area contributed by atoms with E-state index in [4.69, 9.17) is 0 Å². The summed E-state index contributed by atoms with van der Waals surface area (Å²) >= 11 is 0. The van der Waals surface area contributed by atoms with E-state index in [9.17, 15) is 9.59 Å². The summed E-state index contributed by atoms with van der Waals surface area (Å²) in [6.45, 7) is 0. The van der Waals surface area contributed by atoms with Gasteiger partial charge in [-0.3, -0.25) is 0 Å². The maximum Gasteiger partial charge on any atom is 0.352 e. The molecule has 0 N–H and O–H groups in total. The van der Waals surface area contributed by atoms with Crippen LogP contribution in [0.3, 0.4) is 0 Å². The minimum Gasteiger partial charge on any atom is -0.245 e. The molecule has 2 aliphatic heterocycles. The van der Waals surface area contributed by atoms with E-state index in [0.29, 0.717) is 41.4 Å². The molecule has 8 rings (SSSR count). The molecule has 1 aromatic carbocycles. The predicted molar refractivity (Wildman–Crippen MR) is 73.3 cm³/mol. The van der Waals surface area contributed by atoms with Crippen molar-refractivity contribution in [1.82, 2.24) is 13.9 Å². The van der Waals surface area contributed by atoms with Gasteiger partial charge in [0.1, 0.15) is 0 Å². The molecule has 1 aromatic heterocycles. The number of hydrogen-bond acceptors (Lipinski definition) is 2. The smallest absolute Gasteiger partial charge is 0.245 e. The summed E-state index contributed by atoms with van der Waals surface area (Å²) in [4.78, 5) is 25.7. The molecule has 2 aromatic rings. The van der Waals surface area contributed by atoms with Crippen molar-refractivity contribution < 1.29 is 0 Å². The van der Waals surface area contributed by atoms with E-state index in [-0.39, 0.29) is 11.4 Å². The van der Waals surface area contributed by atoms with Gasteiger partial charge in [-0.25, -0.2) is 23.5 Å². The third kappa shape index (κ3) is 0.753. The topological polar surface area (TPSA) is 48.9 Å². The van der Waals surface area contributed by atoms with E-state index in [1.165, 1.54) is 4.57 Å². The van der Waals surface area contributed by atoms with Gasteiger partial charge in [0.15, 0.2) is 0 Å². The Morgan fingerprint density at radius 2 is 1.14 bits per heavy atom. The number of rotatable bonds is 1. The average Bonchev–Trinajstić information content (AvgIpc) is 3.32. The Balaban J connectivity index is 1.59. The van der Waals surface area contributed by atoms with Gasteiger partial charge in [0.2, 0.25) is 0 Å². The van der Waals surface area contributed by atoms with Crippen molar-refractivity contribution in [2.75, 3.05) is 0 Å². The molecular weight excluding hydrogens is 266 g/mol. The number of hydrogen-bond donors (Lipinski definition) is 0. The average molecular weight is 279 g/mol. The Labute approximate surface area is 119 Å². The molecule has 4 aliphatic carbocycles. The zero-order chi connectivity index (χ0) is 13.6. The Hall–Kier alpha value is -2.04. The first-order valence-electron chi connectivity index (χ1n) is 7.82. The first kappa shape index (κ1) is 9.82. The summed E-state index contributed by atoms with van der Waals surface area (Å²) in [7, 11) is 0. The number of aromatic nitrogens is 3. The van der Waals surface area contributed by atoms with E-state index in [1.54, 1.807) is 0 Å². The summed E-state index contributed by atoms with van der Waals surface area (Å²) in [5.41, 5.74) is 0.434. The van der Waals surface area contributed by atoms with Crippen LogP contribution in [0, 0.1) is 35.5 Å². The summed E-state index contributed by atoms with van der Waals surface area (Å²) in [6.07, 6.45) is 0. The summed E-state index contributed by atoms with van der Waals surface area (Å²) in [5.74, 6) is 4.51. The molecule has 4 unspecified atom stereocenters. The van der Waals surface area contributed by atoms with Gasteiger partial charge in [0.05, 0.1) is 17.8 Å². The molecule has 4 saturated carbocycles. The lowest BCUT2D eigenvalue weighted by Crippen LogP contribution is -2.45. The molecule has 0 saturated heterocycles. The SMILES string of the molecule is O=c1n(-c2ccccc2)c(=O)n2n1C1[C@H]3C4C5[C@@H]1[C@@H]5C2[C@H]43. The van der Waals surface area contributed by atoms with E-state index in [1.807, 2.05) is 39.7 Å². The van der Waals surface area contributed by atoms with Crippen LogP contribution in [-0.4, -0.2) is 13.9 Å². The third-order valence-electron chi connectivity index (χ3n) is 6.99. The molecule has 3 heterocycles. The monoisotopic (exact) mass is 279 g/mol. The fourth-order valence-corrected chi connectivity index (χ4v) is 6.59. The molecule has 0 radical (unpaired) electrons. The second-order valence-corrected chi connectivity index (χ2v) is 7.37. The number of para-hydroxylation sites is 1. The van der Waals surface area contributed by atoms with E-state index < -0.39 is 0 Å². The Morgan fingerprint density at radius 3 is 1.62 bits per heavy atom. The Bertz CT molecular complexity index is 875. The van der Waals surface area contributed by atoms with E-state index >= 15 is 0 Å². The molecule has 6 aliphatic rings. The quantitative estimate of drug-likeness (QED) is 0.769. The van der Waals surface area contributed by atoms with Crippen LogP contribution in [0.4, 0.5) is 0 Å². The molecule has 5 nitrogen and oxygen atoms in total. The standard InChI is InChI=1S/C16H13N3O2/c20-15-17(6-4-2-1-3-5-6)16(21)19-14-10-7-8-11(12(8)14)13(9(7)10)18(15)19/h1-5,7-14H/t7?,8?,9-,10-,11-,12+,13?,14?/m1/s1. The fourth-order valence-electron chi connectivity index (χ4n) is 6.59. The minimum atomic E-state index is -0.128. The van der Waals surface area contributed by atoms with E-state index in [2.05, 4.69) is 0 Å². The molecule has 0 spiro atoms. The zero-order valence-electron chi connectivity index (χ0n) is 11.2. The molecule has 4 fully saturated rings. The lowest BCUT2D eigenvalue weighted by atomic mass is 9.89. The van der Waals surface area contributed by atoms with Crippen LogP contribution in [0.15, 0.2) is 39.9 Å².